The molecule has 0 bridgehead atoms. The number of aromatic nitrogens is 3. The van der Waals surface area contributed by atoms with Crippen molar-refractivity contribution >= 4 is 22.9 Å². The van der Waals surface area contributed by atoms with Crippen LogP contribution in [-0.2, 0) is 11.1 Å². The van der Waals surface area contributed by atoms with Crippen molar-refractivity contribution in [3.8, 4) is 11.1 Å². The number of hydrogen-bond donors (Lipinski definition) is 2. The maximum Gasteiger partial charge on any atom is 0.506 e. The van der Waals surface area contributed by atoms with Gasteiger partial charge in [0.05, 0.1) is 30.8 Å². The first-order chi connectivity index (χ1) is 16.1. The second kappa shape index (κ2) is 8.63. The number of carbonyl (C=O) groups is 1. The van der Waals surface area contributed by atoms with Crippen LogP contribution >= 0.6 is 0 Å². The fourth-order valence-corrected chi connectivity index (χ4v) is 3.45. The number of aryl methyl sites for hydroxylation is 1. The van der Waals surface area contributed by atoms with Gasteiger partial charge >= 0.3 is 6.30 Å². The molecule has 4 rings (SSSR count). The van der Waals surface area contributed by atoms with Crippen molar-refractivity contribution in [2.75, 3.05) is 12.4 Å². The number of rotatable bonds is 5. The molecule has 2 N–H and O–H groups in total. The van der Waals surface area contributed by atoms with Gasteiger partial charge in [-0.1, -0.05) is 24.3 Å². The summed E-state index contributed by atoms with van der Waals surface area (Å²) in [7, 11) is 1.28. The maximum absolute atomic E-state index is 14.3. The Hall–Kier alpha value is -4.19. The van der Waals surface area contributed by atoms with Gasteiger partial charge in [-0.2, -0.15) is 0 Å². The summed E-state index contributed by atoms with van der Waals surface area (Å²) in [5, 5.41) is 2.90. The SMILES string of the molecule is CONC(=O)c1ccc(C)c(Nc2cnc3c(-c4ccccc4F)c(=O)n(C(F)(F)F)n3c2)c1. The number of halogens is 4. The minimum atomic E-state index is -5.10. The van der Waals surface area contributed by atoms with Gasteiger partial charge in [-0.3, -0.25) is 14.4 Å². The molecule has 0 radical (unpaired) electrons. The normalized spacial score (nSPS) is 11.6. The monoisotopic (exact) mass is 475 g/mol. The lowest BCUT2D eigenvalue weighted by atomic mass is 10.1. The number of fused-ring (bicyclic) bond motifs is 1. The molecule has 2 heterocycles. The molecule has 176 valence electrons. The van der Waals surface area contributed by atoms with Gasteiger partial charge in [0, 0.05) is 16.8 Å². The van der Waals surface area contributed by atoms with Crippen LogP contribution in [-0.4, -0.2) is 27.2 Å². The molecule has 2 aromatic carbocycles. The Bertz CT molecular complexity index is 1460. The summed E-state index contributed by atoms with van der Waals surface area (Å²) in [5.41, 5.74) is 0.942. The number of hydrogen-bond acceptors (Lipinski definition) is 5. The third kappa shape index (κ3) is 4.10. The van der Waals surface area contributed by atoms with E-state index in [0.717, 1.165) is 12.3 Å². The first-order valence-electron chi connectivity index (χ1n) is 9.78. The van der Waals surface area contributed by atoms with Crippen molar-refractivity contribution in [3.63, 3.8) is 0 Å². The van der Waals surface area contributed by atoms with E-state index in [1.807, 2.05) is 0 Å². The molecule has 0 aliphatic carbocycles. The Labute approximate surface area is 189 Å². The van der Waals surface area contributed by atoms with Gasteiger partial charge in [0.25, 0.3) is 11.5 Å². The van der Waals surface area contributed by atoms with E-state index in [4.69, 9.17) is 0 Å². The van der Waals surface area contributed by atoms with Crippen LogP contribution in [0.4, 0.5) is 28.9 Å². The van der Waals surface area contributed by atoms with E-state index in [1.165, 1.54) is 37.6 Å². The van der Waals surface area contributed by atoms with Gasteiger partial charge < -0.3 is 5.32 Å². The van der Waals surface area contributed by atoms with E-state index in [2.05, 4.69) is 20.6 Å². The van der Waals surface area contributed by atoms with Crippen LogP contribution in [0.2, 0.25) is 0 Å². The van der Waals surface area contributed by atoms with Crippen molar-refractivity contribution in [3.05, 3.63) is 82.2 Å². The number of benzene rings is 2. The molecule has 0 aliphatic heterocycles. The highest BCUT2D eigenvalue weighted by molar-refractivity contribution is 5.94. The van der Waals surface area contributed by atoms with Gasteiger partial charge in [-0.25, -0.2) is 19.4 Å². The molecule has 0 saturated heterocycles. The molecule has 0 unspecified atom stereocenters. The summed E-state index contributed by atoms with van der Waals surface area (Å²) in [4.78, 5) is 33.4. The standard InChI is InChI=1S/C22H17F4N5O3/c1-12-7-8-13(20(32)29-34-2)9-17(12)28-14-10-27-19-18(15-5-3-4-6-16(15)23)21(33)31(22(24,25)26)30(19)11-14/h3-11,28H,1-2H3,(H,29,32). The highest BCUT2D eigenvalue weighted by Crippen LogP contribution is 2.30. The number of hydroxylamine groups is 1. The van der Waals surface area contributed by atoms with E-state index in [0.29, 0.717) is 15.8 Å². The van der Waals surface area contributed by atoms with E-state index < -0.39 is 33.8 Å². The van der Waals surface area contributed by atoms with Crippen molar-refractivity contribution in [1.82, 2.24) is 19.7 Å². The highest BCUT2D eigenvalue weighted by atomic mass is 19.4. The molecule has 0 atom stereocenters. The zero-order chi connectivity index (χ0) is 24.6. The lowest BCUT2D eigenvalue weighted by Gasteiger charge is -2.13. The highest BCUT2D eigenvalue weighted by Gasteiger charge is 2.38. The molecule has 34 heavy (non-hydrogen) atoms. The predicted octanol–water partition coefficient (Wildman–Crippen LogP) is 4.12. The second-order valence-corrected chi connectivity index (χ2v) is 7.24. The number of alkyl halides is 3. The van der Waals surface area contributed by atoms with Crippen molar-refractivity contribution < 1.29 is 27.2 Å². The molecule has 12 heteroatoms. The van der Waals surface area contributed by atoms with E-state index in [1.54, 1.807) is 19.1 Å². The van der Waals surface area contributed by atoms with Crippen LogP contribution in [0.25, 0.3) is 16.8 Å². The summed E-state index contributed by atoms with van der Waals surface area (Å²) in [6.07, 6.45) is -2.87. The Kier molecular flexibility index (Phi) is 5.83. The number of nitrogens with one attached hydrogen (secondary N) is 2. The molecule has 2 aromatic heterocycles. The van der Waals surface area contributed by atoms with Crippen molar-refractivity contribution in [2.24, 2.45) is 0 Å². The smallest absolute Gasteiger partial charge is 0.353 e. The quantitative estimate of drug-likeness (QED) is 0.335. The Morgan fingerprint density at radius 1 is 1.15 bits per heavy atom. The third-order valence-electron chi connectivity index (χ3n) is 5.01. The van der Waals surface area contributed by atoms with Gasteiger partial charge in [0.1, 0.15) is 5.82 Å². The fraction of sp³-hybridized carbons (Fsp3) is 0.136. The molecule has 8 nitrogen and oxygen atoms in total. The molecular formula is C22H17F4N5O3. The number of amides is 1. The van der Waals surface area contributed by atoms with Gasteiger partial charge in [-0.15, -0.1) is 17.9 Å². The maximum atomic E-state index is 14.3. The van der Waals surface area contributed by atoms with Crippen LogP contribution in [0.1, 0.15) is 15.9 Å². The molecule has 0 fully saturated rings. The molecule has 0 aliphatic rings. The second-order valence-electron chi connectivity index (χ2n) is 7.24. The van der Waals surface area contributed by atoms with Crippen molar-refractivity contribution in [2.45, 2.75) is 13.2 Å². The predicted molar refractivity (Wildman–Crippen MR) is 115 cm³/mol. The van der Waals surface area contributed by atoms with Gasteiger partial charge in [-0.05, 0) is 30.7 Å². The minimum Gasteiger partial charge on any atom is -0.353 e. The van der Waals surface area contributed by atoms with Crippen LogP contribution < -0.4 is 16.4 Å². The summed E-state index contributed by atoms with van der Waals surface area (Å²) in [5.74, 6) is -1.38. The van der Waals surface area contributed by atoms with E-state index in [-0.39, 0.29) is 22.5 Å². The molecular weight excluding hydrogens is 458 g/mol. The molecule has 0 spiro atoms. The zero-order valence-corrected chi connectivity index (χ0v) is 17.8. The van der Waals surface area contributed by atoms with Crippen LogP contribution in [0, 0.1) is 12.7 Å². The van der Waals surface area contributed by atoms with Crippen LogP contribution in [0.15, 0.2) is 59.7 Å². The summed E-state index contributed by atoms with van der Waals surface area (Å²) in [6, 6.07) is 9.68. The van der Waals surface area contributed by atoms with Crippen molar-refractivity contribution in [1.29, 1.82) is 0 Å². The zero-order valence-electron chi connectivity index (χ0n) is 17.8. The van der Waals surface area contributed by atoms with E-state index in [9.17, 15) is 27.2 Å². The average Bonchev–Trinajstić information content (AvgIpc) is 3.07. The Morgan fingerprint density at radius 2 is 1.88 bits per heavy atom. The molecule has 4 aromatic rings. The first kappa shape index (κ1) is 23.0. The van der Waals surface area contributed by atoms with Crippen LogP contribution in [0.3, 0.4) is 0 Å². The van der Waals surface area contributed by atoms with Gasteiger partial charge in [0.15, 0.2) is 5.65 Å². The van der Waals surface area contributed by atoms with Crippen LogP contribution in [0.5, 0.6) is 0 Å². The molecule has 0 saturated carbocycles. The number of carbonyl (C=O) groups excluding carboxylic acids is 1. The Balaban J connectivity index is 1.86. The molecule has 1 amide bonds. The average molecular weight is 475 g/mol. The lowest BCUT2D eigenvalue weighted by Crippen LogP contribution is -2.31. The minimum absolute atomic E-state index is 0.0907. The first-order valence-corrected chi connectivity index (χ1v) is 9.78. The Morgan fingerprint density at radius 3 is 2.56 bits per heavy atom. The largest absolute Gasteiger partial charge is 0.506 e. The topological polar surface area (TPSA) is 89.7 Å². The summed E-state index contributed by atoms with van der Waals surface area (Å²) >= 11 is 0. The summed E-state index contributed by atoms with van der Waals surface area (Å²) < 4.78 is 55.8. The van der Waals surface area contributed by atoms with Gasteiger partial charge in [0.2, 0.25) is 0 Å². The van der Waals surface area contributed by atoms with E-state index >= 15 is 0 Å². The number of nitrogens with zero attached hydrogens (tertiary/aromatic N) is 3. The summed E-state index contributed by atoms with van der Waals surface area (Å²) in [6.45, 7) is 1.73. The lowest BCUT2D eigenvalue weighted by molar-refractivity contribution is -0.216. The fourth-order valence-electron chi connectivity index (χ4n) is 3.45. The number of anilines is 2. The third-order valence-corrected chi connectivity index (χ3v) is 5.01.